The first-order chi connectivity index (χ1) is 9.93. The second-order valence-electron chi connectivity index (χ2n) is 5.88. The average molecular weight is 348 g/mol. The van der Waals surface area contributed by atoms with Gasteiger partial charge in [0.1, 0.15) is 0 Å². The van der Waals surface area contributed by atoms with Gasteiger partial charge in [-0.05, 0) is 50.2 Å². The molecular weight excluding hydrogens is 322 g/mol. The summed E-state index contributed by atoms with van der Waals surface area (Å²) in [5, 5.41) is 3.22. The molecule has 0 aliphatic carbocycles. The quantitative estimate of drug-likeness (QED) is 0.845. The van der Waals surface area contributed by atoms with Crippen molar-refractivity contribution in [1.82, 2.24) is 14.5 Å². The van der Waals surface area contributed by atoms with Crippen LogP contribution in [-0.2, 0) is 16.6 Å². The van der Waals surface area contributed by atoms with Crippen LogP contribution in [0.1, 0.15) is 12.0 Å². The molecule has 22 heavy (non-hydrogen) atoms. The molecule has 1 aliphatic heterocycles. The molecule has 0 saturated carbocycles. The van der Waals surface area contributed by atoms with E-state index < -0.39 is 10.0 Å². The minimum atomic E-state index is -3.35. The first kappa shape index (κ1) is 19.4. The highest BCUT2D eigenvalue weighted by atomic mass is 35.5. The Bertz CT molecular complexity index is 578. The lowest BCUT2D eigenvalue weighted by atomic mass is 10.1. The molecule has 126 valence electrons. The Morgan fingerprint density at radius 3 is 2.73 bits per heavy atom. The summed E-state index contributed by atoms with van der Waals surface area (Å²) in [6, 6.07) is 7.28. The largest absolute Gasteiger partial charge is 0.319 e. The molecule has 1 aromatic rings. The predicted octanol–water partition coefficient (Wildman–Crippen LogP) is 1.40. The van der Waals surface area contributed by atoms with Gasteiger partial charge in [-0.1, -0.05) is 12.1 Å². The highest BCUT2D eigenvalue weighted by Crippen LogP contribution is 2.20. The minimum Gasteiger partial charge on any atom is -0.319 e. The third-order valence-corrected chi connectivity index (χ3v) is 5.76. The lowest BCUT2D eigenvalue weighted by Crippen LogP contribution is -2.25. The van der Waals surface area contributed by atoms with Gasteiger partial charge in [-0.25, -0.2) is 12.7 Å². The Hall–Kier alpha value is -0.660. The topological polar surface area (TPSA) is 52.7 Å². The Balaban J connectivity index is 0.00000242. The smallest absolute Gasteiger partial charge is 0.242 e. The third kappa shape index (κ3) is 4.67. The summed E-state index contributed by atoms with van der Waals surface area (Å²) in [5.74, 6) is 0.698. The minimum absolute atomic E-state index is 0. The SMILES string of the molecule is CNCC1CCN(Cc2cccc(S(=O)(=O)N(C)C)c2)C1.Cl. The summed E-state index contributed by atoms with van der Waals surface area (Å²) in [6.45, 7) is 4.02. The van der Waals surface area contributed by atoms with Gasteiger partial charge in [0, 0.05) is 27.2 Å². The summed E-state index contributed by atoms with van der Waals surface area (Å²) in [5.41, 5.74) is 1.06. The Morgan fingerprint density at radius 1 is 1.36 bits per heavy atom. The van der Waals surface area contributed by atoms with Crippen LogP contribution >= 0.6 is 12.4 Å². The highest BCUT2D eigenvalue weighted by Gasteiger charge is 2.22. The Kier molecular flexibility index (Phi) is 7.28. The van der Waals surface area contributed by atoms with Crippen LogP contribution in [0.4, 0.5) is 0 Å². The average Bonchev–Trinajstić information content (AvgIpc) is 2.86. The van der Waals surface area contributed by atoms with Crippen molar-refractivity contribution in [2.45, 2.75) is 17.9 Å². The summed E-state index contributed by atoms with van der Waals surface area (Å²) in [7, 11) is 1.76. The Morgan fingerprint density at radius 2 is 2.09 bits per heavy atom. The van der Waals surface area contributed by atoms with Crippen LogP contribution in [0.3, 0.4) is 0 Å². The summed E-state index contributed by atoms with van der Waals surface area (Å²) < 4.78 is 25.6. The van der Waals surface area contributed by atoms with Gasteiger partial charge in [-0.3, -0.25) is 4.90 Å². The third-order valence-electron chi connectivity index (χ3n) is 3.95. The number of benzene rings is 1. The zero-order chi connectivity index (χ0) is 15.5. The molecule has 1 unspecified atom stereocenters. The van der Waals surface area contributed by atoms with Gasteiger partial charge in [0.2, 0.25) is 10.0 Å². The van der Waals surface area contributed by atoms with Crippen LogP contribution in [0, 0.1) is 5.92 Å². The van der Waals surface area contributed by atoms with E-state index in [4.69, 9.17) is 0 Å². The number of hydrogen-bond donors (Lipinski definition) is 1. The zero-order valence-electron chi connectivity index (χ0n) is 13.4. The van der Waals surface area contributed by atoms with Crippen LogP contribution < -0.4 is 5.32 Å². The molecule has 1 N–H and O–H groups in total. The van der Waals surface area contributed by atoms with Gasteiger partial charge < -0.3 is 5.32 Å². The lowest BCUT2D eigenvalue weighted by molar-refractivity contribution is 0.315. The molecule has 1 saturated heterocycles. The van der Waals surface area contributed by atoms with E-state index in [2.05, 4.69) is 10.2 Å². The first-order valence-electron chi connectivity index (χ1n) is 7.32. The fraction of sp³-hybridized carbons (Fsp3) is 0.600. The number of sulfonamides is 1. The fourth-order valence-electron chi connectivity index (χ4n) is 2.79. The van der Waals surface area contributed by atoms with Crippen molar-refractivity contribution in [3.63, 3.8) is 0 Å². The Labute approximate surface area is 140 Å². The van der Waals surface area contributed by atoms with Gasteiger partial charge in [0.05, 0.1) is 4.90 Å². The van der Waals surface area contributed by atoms with Crippen LogP contribution in [-0.4, -0.2) is 58.4 Å². The molecule has 1 heterocycles. The highest BCUT2D eigenvalue weighted by molar-refractivity contribution is 7.89. The summed E-state index contributed by atoms with van der Waals surface area (Å²) in [6.07, 6.45) is 1.20. The van der Waals surface area contributed by atoms with E-state index in [9.17, 15) is 8.42 Å². The molecule has 0 aromatic heterocycles. The molecule has 2 rings (SSSR count). The van der Waals surface area contributed by atoms with E-state index in [1.165, 1.54) is 10.7 Å². The van der Waals surface area contributed by atoms with E-state index in [-0.39, 0.29) is 12.4 Å². The molecular formula is C15H26ClN3O2S. The number of hydrogen-bond acceptors (Lipinski definition) is 4. The first-order valence-corrected chi connectivity index (χ1v) is 8.76. The van der Waals surface area contributed by atoms with Crippen molar-refractivity contribution in [3.8, 4) is 0 Å². The van der Waals surface area contributed by atoms with Crippen LogP contribution in [0.15, 0.2) is 29.2 Å². The number of nitrogens with zero attached hydrogens (tertiary/aromatic N) is 2. The number of likely N-dealkylation sites (tertiary alicyclic amines) is 1. The standard InChI is InChI=1S/C15H25N3O2S.ClH/c1-16-10-14-7-8-18(12-14)11-13-5-4-6-15(9-13)21(19,20)17(2)3;/h4-6,9,14,16H,7-8,10-12H2,1-3H3;1H. The van der Waals surface area contributed by atoms with Gasteiger partial charge in [-0.2, -0.15) is 0 Å². The number of halogens is 1. The van der Waals surface area contributed by atoms with Crippen LogP contribution in [0.5, 0.6) is 0 Å². The second kappa shape index (κ2) is 8.26. The van der Waals surface area contributed by atoms with E-state index in [1.807, 2.05) is 19.2 Å². The van der Waals surface area contributed by atoms with E-state index in [1.54, 1.807) is 26.2 Å². The molecule has 1 fully saturated rings. The number of nitrogens with one attached hydrogen (secondary N) is 1. The molecule has 0 amide bonds. The molecule has 0 spiro atoms. The summed E-state index contributed by atoms with van der Waals surface area (Å²) in [4.78, 5) is 2.76. The van der Waals surface area contributed by atoms with Crippen molar-refractivity contribution < 1.29 is 8.42 Å². The molecule has 1 aromatic carbocycles. The van der Waals surface area contributed by atoms with Gasteiger partial charge >= 0.3 is 0 Å². The molecule has 1 atom stereocenters. The van der Waals surface area contributed by atoms with Crippen molar-refractivity contribution in [2.24, 2.45) is 5.92 Å². The normalized spacial score (nSPS) is 19.4. The van der Waals surface area contributed by atoms with Crippen molar-refractivity contribution in [1.29, 1.82) is 0 Å². The molecule has 5 nitrogen and oxygen atoms in total. The van der Waals surface area contributed by atoms with E-state index in [0.29, 0.717) is 10.8 Å². The zero-order valence-corrected chi connectivity index (χ0v) is 15.1. The van der Waals surface area contributed by atoms with E-state index in [0.717, 1.165) is 31.7 Å². The van der Waals surface area contributed by atoms with E-state index >= 15 is 0 Å². The van der Waals surface area contributed by atoms with Crippen molar-refractivity contribution >= 4 is 22.4 Å². The monoisotopic (exact) mass is 347 g/mol. The van der Waals surface area contributed by atoms with Crippen molar-refractivity contribution in [2.75, 3.05) is 40.8 Å². The summed E-state index contributed by atoms with van der Waals surface area (Å²) >= 11 is 0. The maximum atomic E-state index is 12.2. The molecule has 0 bridgehead atoms. The predicted molar refractivity (Wildman–Crippen MR) is 91.9 cm³/mol. The fourth-order valence-corrected chi connectivity index (χ4v) is 3.76. The maximum Gasteiger partial charge on any atom is 0.242 e. The van der Waals surface area contributed by atoms with Gasteiger partial charge in [-0.15, -0.1) is 12.4 Å². The molecule has 7 heteroatoms. The van der Waals surface area contributed by atoms with Crippen LogP contribution in [0.25, 0.3) is 0 Å². The van der Waals surface area contributed by atoms with Crippen molar-refractivity contribution in [3.05, 3.63) is 29.8 Å². The number of rotatable bonds is 6. The van der Waals surface area contributed by atoms with Gasteiger partial charge in [0.25, 0.3) is 0 Å². The second-order valence-corrected chi connectivity index (χ2v) is 8.03. The van der Waals surface area contributed by atoms with Crippen LogP contribution in [0.2, 0.25) is 0 Å². The lowest BCUT2D eigenvalue weighted by Gasteiger charge is -2.17. The van der Waals surface area contributed by atoms with Gasteiger partial charge in [0.15, 0.2) is 0 Å². The molecule has 0 radical (unpaired) electrons. The molecule has 1 aliphatic rings. The maximum absolute atomic E-state index is 12.2.